The first kappa shape index (κ1) is 15.7. The lowest BCUT2D eigenvalue weighted by atomic mass is 10.2. The van der Waals surface area contributed by atoms with Crippen LogP contribution in [0.1, 0.15) is 0 Å². The lowest BCUT2D eigenvalue weighted by Crippen LogP contribution is -2.29. The topological polar surface area (TPSA) is 106 Å². The van der Waals surface area contributed by atoms with Gasteiger partial charge in [-0.25, -0.2) is 9.67 Å². The molecule has 26 heavy (non-hydrogen) atoms. The van der Waals surface area contributed by atoms with Crippen LogP contribution < -0.4 is 10.9 Å². The standard InChI is InChI=1S/C18H14N6O2/c25-16(22-18-20-14-5-1-2-6-15(14)21-18)11-24-17(26)8-7-13(23-24)12-4-3-9-19-10-12/h1-10H,11H2,(H2,20,21,22,25). The van der Waals surface area contributed by atoms with Gasteiger partial charge in [0.15, 0.2) is 0 Å². The molecule has 8 nitrogen and oxygen atoms in total. The van der Waals surface area contributed by atoms with E-state index in [9.17, 15) is 9.59 Å². The van der Waals surface area contributed by atoms with Gasteiger partial charge < -0.3 is 4.98 Å². The van der Waals surface area contributed by atoms with Crippen LogP contribution in [-0.4, -0.2) is 30.6 Å². The van der Waals surface area contributed by atoms with Crippen LogP contribution in [-0.2, 0) is 11.3 Å². The minimum absolute atomic E-state index is 0.218. The summed E-state index contributed by atoms with van der Waals surface area (Å²) < 4.78 is 1.11. The van der Waals surface area contributed by atoms with Crippen LogP contribution in [0.25, 0.3) is 22.3 Å². The Hall–Kier alpha value is -3.81. The first-order valence-electron chi connectivity index (χ1n) is 7.92. The largest absolute Gasteiger partial charge is 0.324 e. The molecule has 4 rings (SSSR count). The van der Waals surface area contributed by atoms with Crippen molar-refractivity contribution in [2.75, 3.05) is 5.32 Å². The van der Waals surface area contributed by atoms with E-state index in [1.54, 1.807) is 24.5 Å². The summed E-state index contributed by atoms with van der Waals surface area (Å²) in [7, 11) is 0. The molecular weight excluding hydrogens is 332 g/mol. The fraction of sp³-hybridized carbons (Fsp3) is 0.0556. The number of nitrogens with zero attached hydrogens (tertiary/aromatic N) is 4. The highest BCUT2D eigenvalue weighted by Gasteiger charge is 2.10. The van der Waals surface area contributed by atoms with Crippen molar-refractivity contribution < 1.29 is 4.79 Å². The molecule has 0 saturated heterocycles. The van der Waals surface area contributed by atoms with Crippen LogP contribution in [0, 0.1) is 0 Å². The fourth-order valence-corrected chi connectivity index (χ4v) is 2.55. The third-order valence-electron chi connectivity index (χ3n) is 3.76. The van der Waals surface area contributed by atoms with Crippen LogP contribution in [0.4, 0.5) is 5.95 Å². The maximum absolute atomic E-state index is 12.3. The molecule has 8 heteroatoms. The molecular formula is C18H14N6O2. The van der Waals surface area contributed by atoms with Gasteiger partial charge >= 0.3 is 0 Å². The quantitative estimate of drug-likeness (QED) is 0.586. The normalized spacial score (nSPS) is 10.8. The molecule has 0 saturated carbocycles. The number of nitrogens with one attached hydrogen (secondary N) is 2. The molecule has 1 aromatic carbocycles. The predicted octanol–water partition coefficient (Wildman–Crippen LogP) is 1.82. The zero-order valence-corrected chi connectivity index (χ0v) is 13.6. The minimum Gasteiger partial charge on any atom is -0.324 e. The average Bonchev–Trinajstić information content (AvgIpc) is 3.06. The summed E-state index contributed by atoms with van der Waals surface area (Å²) in [6.45, 7) is -0.218. The molecule has 0 aliphatic heterocycles. The molecule has 3 aromatic heterocycles. The van der Waals surface area contributed by atoms with Gasteiger partial charge in [0.1, 0.15) is 6.54 Å². The zero-order valence-electron chi connectivity index (χ0n) is 13.6. The van der Waals surface area contributed by atoms with Gasteiger partial charge in [-0.05, 0) is 30.3 Å². The summed E-state index contributed by atoms with van der Waals surface area (Å²) in [5, 5.41) is 6.89. The number of hydrogen-bond acceptors (Lipinski definition) is 5. The molecule has 3 heterocycles. The van der Waals surface area contributed by atoms with E-state index < -0.39 is 5.91 Å². The number of carbonyl (C=O) groups excluding carboxylic acids is 1. The van der Waals surface area contributed by atoms with E-state index in [-0.39, 0.29) is 12.1 Å². The molecule has 0 radical (unpaired) electrons. The fourth-order valence-electron chi connectivity index (χ4n) is 2.55. The second kappa shape index (κ2) is 6.60. The smallest absolute Gasteiger partial charge is 0.267 e. The lowest BCUT2D eigenvalue weighted by molar-refractivity contribution is -0.117. The van der Waals surface area contributed by atoms with Gasteiger partial charge in [0.05, 0.1) is 16.7 Å². The highest BCUT2D eigenvalue weighted by molar-refractivity contribution is 5.90. The Morgan fingerprint density at radius 2 is 2.00 bits per heavy atom. The van der Waals surface area contributed by atoms with Gasteiger partial charge in [-0.2, -0.15) is 5.10 Å². The molecule has 2 N–H and O–H groups in total. The zero-order chi connectivity index (χ0) is 17.9. The first-order chi connectivity index (χ1) is 12.7. The summed E-state index contributed by atoms with van der Waals surface area (Å²) in [5.74, 6) is -0.0744. The van der Waals surface area contributed by atoms with Crippen molar-refractivity contribution in [3.63, 3.8) is 0 Å². The van der Waals surface area contributed by atoms with Gasteiger partial charge in [0.25, 0.3) is 5.56 Å². The van der Waals surface area contributed by atoms with Crippen LogP contribution in [0.5, 0.6) is 0 Å². The van der Waals surface area contributed by atoms with Crippen molar-refractivity contribution in [3.8, 4) is 11.3 Å². The Morgan fingerprint density at radius 1 is 1.12 bits per heavy atom. The molecule has 0 aliphatic rings. The summed E-state index contributed by atoms with van der Waals surface area (Å²) in [4.78, 5) is 35.6. The molecule has 0 bridgehead atoms. The number of anilines is 1. The van der Waals surface area contributed by atoms with Crippen molar-refractivity contribution in [1.82, 2.24) is 24.7 Å². The number of para-hydroxylation sites is 2. The summed E-state index contributed by atoms with van der Waals surface area (Å²) in [6.07, 6.45) is 3.30. The van der Waals surface area contributed by atoms with E-state index in [1.807, 2.05) is 30.3 Å². The highest BCUT2D eigenvalue weighted by Crippen LogP contribution is 2.14. The number of H-pyrrole nitrogens is 1. The molecule has 4 aromatic rings. The highest BCUT2D eigenvalue weighted by atomic mass is 16.2. The Balaban J connectivity index is 1.54. The van der Waals surface area contributed by atoms with Crippen LogP contribution in [0.3, 0.4) is 0 Å². The van der Waals surface area contributed by atoms with Gasteiger partial charge in [-0.15, -0.1) is 0 Å². The SMILES string of the molecule is O=C(Cn1nc(-c2cccnc2)ccc1=O)Nc1nc2ccccc2[nH]1. The molecule has 0 aliphatic carbocycles. The number of pyridine rings is 1. The van der Waals surface area contributed by atoms with Crippen molar-refractivity contribution in [2.45, 2.75) is 6.54 Å². The van der Waals surface area contributed by atoms with Crippen molar-refractivity contribution >= 4 is 22.9 Å². The Bertz CT molecular complexity index is 1100. The van der Waals surface area contributed by atoms with Crippen LogP contribution >= 0.6 is 0 Å². The molecule has 0 fully saturated rings. The number of benzene rings is 1. The monoisotopic (exact) mass is 346 g/mol. The van der Waals surface area contributed by atoms with Gasteiger partial charge in [-0.1, -0.05) is 12.1 Å². The third-order valence-corrected chi connectivity index (χ3v) is 3.76. The summed E-state index contributed by atoms with van der Waals surface area (Å²) in [6, 6.07) is 14.0. The number of imidazole rings is 1. The second-order valence-electron chi connectivity index (χ2n) is 5.61. The molecule has 128 valence electrons. The van der Waals surface area contributed by atoms with Gasteiger partial charge in [-0.3, -0.25) is 19.9 Å². The van der Waals surface area contributed by atoms with E-state index in [4.69, 9.17) is 0 Å². The Labute approximate surface area is 147 Å². The van der Waals surface area contributed by atoms with E-state index in [2.05, 4.69) is 25.4 Å². The number of carbonyl (C=O) groups is 1. The van der Waals surface area contributed by atoms with E-state index in [1.165, 1.54) is 6.07 Å². The maximum atomic E-state index is 12.3. The number of aromatic amines is 1. The maximum Gasteiger partial charge on any atom is 0.267 e. The number of rotatable bonds is 4. The molecule has 0 spiro atoms. The van der Waals surface area contributed by atoms with E-state index in [0.717, 1.165) is 21.3 Å². The third kappa shape index (κ3) is 3.20. The van der Waals surface area contributed by atoms with E-state index in [0.29, 0.717) is 11.6 Å². The molecule has 0 unspecified atom stereocenters. The Morgan fingerprint density at radius 3 is 2.81 bits per heavy atom. The van der Waals surface area contributed by atoms with Gasteiger partial charge in [0.2, 0.25) is 11.9 Å². The van der Waals surface area contributed by atoms with Crippen molar-refractivity contribution in [3.05, 3.63) is 71.3 Å². The van der Waals surface area contributed by atoms with Gasteiger partial charge in [0, 0.05) is 24.0 Å². The number of aromatic nitrogens is 5. The first-order valence-corrected chi connectivity index (χ1v) is 7.92. The second-order valence-corrected chi connectivity index (χ2v) is 5.61. The van der Waals surface area contributed by atoms with Crippen molar-refractivity contribution in [2.24, 2.45) is 0 Å². The number of hydrogen-bond donors (Lipinski definition) is 2. The average molecular weight is 346 g/mol. The Kier molecular flexibility index (Phi) is 3.98. The van der Waals surface area contributed by atoms with E-state index >= 15 is 0 Å². The van der Waals surface area contributed by atoms with Crippen LogP contribution in [0.15, 0.2) is 65.7 Å². The van der Waals surface area contributed by atoms with Crippen molar-refractivity contribution in [1.29, 1.82) is 0 Å². The summed E-state index contributed by atoms with van der Waals surface area (Å²) in [5.41, 5.74) is 2.53. The summed E-state index contributed by atoms with van der Waals surface area (Å²) >= 11 is 0. The molecule has 1 amide bonds. The van der Waals surface area contributed by atoms with Crippen LogP contribution in [0.2, 0.25) is 0 Å². The number of fused-ring (bicyclic) bond motifs is 1. The number of amides is 1. The lowest BCUT2D eigenvalue weighted by Gasteiger charge is -2.06. The molecule has 0 atom stereocenters. The predicted molar refractivity (Wildman–Crippen MR) is 96.5 cm³/mol. The minimum atomic E-state index is -0.401.